The van der Waals surface area contributed by atoms with Crippen molar-refractivity contribution in [1.29, 1.82) is 0 Å². The van der Waals surface area contributed by atoms with Crippen LogP contribution >= 0.6 is 0 Å². The van der Waals surface area contributed by atoms with Crippen LogP contribution in [0.2, 0.25) is 0 Å². The molecule has 0 aliphatic carbocycles. The van der Waals surface area contributed by atoms with Gasteiger partial charge in [0.05, 0.1) is 0 Å². The molecule has 0 unspecified atom stereocenters. The zero-order valence-corrected chi connectivity index (χ0v) is 23.2. The predicted molar refractivity (Wildman–Crippen MR) is 157 cm³/mol. The van der Waals surface area contributed by atoms with Gasteiger partial charge in [0, 0.05) is 39.0 Å². The summed E-state index contributed by atoms with van der Waals surface area (Å²) in [6.45, 7) is 10.7. The molecule has 7 heteroatoms. The third-order valence-corrected chi connectivity index (χ3v) is 5.70. The van der Waals surface area contributed by atoms with E-state index < -0.39 is 16.7 Å². The number of allylic oxidation sites excluding steroid dienone is 1. The lowest BCUT2D eigenvalue weighted by molar-refractivity contribution is -0.123. The molecule has 39 heavy (non-hydrogen) atoms. The third kappa shape index (κ3) is 8.50. The monoisotopic (exact) mass is 525 g/mol. The maximum atomic E-state index is 13.2. The Morgan fingerprint density at radius 1 is 0.590 bits per heavy atom. The second-order valence-corrected chi connectivity index (χ2v) is 11.4. The summed E-state index contributed by atoms with van der Waals surface area (Å²) >= 11 is 0. The fraction of sp³-hybridized carbons (Fsp3) is 0.250. The number of hydrogen-bond donors (Lipinski definition) is 3. The molecule has 0 bridgehead atoms. The standard InChI is InChI=1S/C32H35N3O4/c1-31(2,3)29(38)34-25-18-23(19-26(20-25)35-30(39)32(4,5)6)28(37)33-24-14-10-11-21(17-24)15-16-27(36)22-12-8-7-9-13-22/h7-20H,1-6H3,(H,33,37)(H,34,38)(H,35,39)/b16-15+. The van der Waals surface area contributed by atoms with E-state index in [1.165, 1.54) is 6.08 Å². The molecule has 0 heterocycles. The van der Waals surface area contributed by atoms with E-state index in [2.05, 4.69) is 16.0 Å². The minimum atomic E-state index is -0.650. The topological polar surface area (TPSA) is 104 Å². The number of amides is 3. The van der Waals surface area contributed by atoms with E-state index in [1.807, 2.05) is 12.1 Å². The molecule has 3 aromatic carbocycles. The number of nitrogens with one attached hydrogen (secondary N) is 3. The molecule has 0 saturated heterocycles. The molecular formula is C32H35N3O4. The zero-order valence-electron chi connectivity index (χ0n) is 23.2. The van der Waals surface area contributed by atoms with Gasteiger partial charge < -0.3 is 16.0 Å². The van der Waals surface area contributed by atoms with Crippen molar-refractivity contribution in [3.05, 3.63) is 95.6 Å². The average molecular weight is 526 g/mol. The smallest absolute Gasteiger partial charge is 0.255 e. The third-order valence-electron chi connectivity index (χ3n) is 5.70. The van der Waals surface area contributed by atoms with Gasteiger partial charge in [-0.2, -0.15) is 0 Å². The van der Waals surface area contributed by atoms with Gasteiger partial charge in [-0.25, -0.2) is 0 Å². The van der Waals surface area contributed by atoms with Gasteiger partial charge in [-0.1, -0.05) is 90.1 Å². The summed E-state index contributed by atoms with van der Waals surface area (Å²) in [6.07, 6.45) is 3.18. The Kier molecular flexibility index (Phi) is 8.86. The van der Waals surface area contributed by atoms with Crippen LogP contribution in [0.25, 0.3) is 6.08 Å². The highest BCUT2D eigenvalue weighted by atomic mass is 16.2. The van der Waals surface area contributed by atoms with Gasteiger partial charge in [-0.15, -0.1) is 0 Å². The van der Waals surface area contributed by atoms with Crippen LogP contribution < -0.4 is 16.0 Å². The van der Waals surface area contributed by atoms with E-state index in [4.69, 9.17) is 0 Å². The summed E-state index contributed by atoms with van der Waals surface area (Å²) in [7, 11) is 0. The van der Waals surface area contributed by atoms with Crippen LogP contribution in [-0.2, 0) is 9.59 Å². The van der Waals surface area contributed by atoms with E-state index in [1.54, 1.807) is 108 Å². The van der Waals surface area contributed by atoms with Gasteiger partial charge in [0.15, 0.2) is 5.78 Å². The van der Waals surface area contributed by atoms with Crippen LogP contribution in [0.3, 0.4) is 0 Å². The van der Waals surface area contributed by atoms with Crippen LogP contribution in [0.5, 0.6) is 0 Å². The maximum absolute atomic E-state index is 13.2. The number of carbonyl (C=O) groups is 4. The molecule has 0 atom stereocenters. The van der Waals surface area contributed by atoms with Gasteiger partial charge in [-0.05, 0) is 42.0 Å². The number of benzene rings is 3. The molecule has 0 fully saturated rings. The lowest BCUT2D eigenvalue weighted by atomic mass is 9.95. The first-order valence-corrected chi connectivity index (χ1v) is 12.7. The second kappa shape index (κ2) is 11.9. The van der Waals surface area contributed by atoms with Crippen molar-refractivity contribution < 1.29 is 19.2 Å². The number of carbonyl (C=O) groups excluding carboxylic acids is 4. The number of hydrogen-bond acceptors (Lipinski definition) is 4. The van der Waals surface area contributed by atoms with Crippen molar-refractivity contribution in [2.45, 2.75) is 41.5 Å². The first-order valence-electron chi connectivity index (χ1n) is 12.7. The number of rotatable bonds is 7. The molecule has 3 aromatic rings. The average Bonchev–Trinajstić information content (AvgIpc) is 2.86. The van der Waals surface area contributed by atoms with E-state index in [0.717, 1.165) is 5.56 Å². The normalized spacial score (nSPS) is 11.6. The summed E-state index contributed by atoms with van der Waals surface area (Å²) in [4.78, 5) is 50.8. The molecule has 3 rings (SSSR count). The molecular weight excluding hydrogens is 490 g/mol. The fourth-order valence-electron chi connectivity index (χ4n) is 3.33. The highest BCUT2D eigenvalue weighted by Crippen LogP contribution is 2.25. The van der Waals surface area contributed by atoms with E-state index in [0.29, 0.717) is 22.6 Å². The highest BCUT2D eigenvalue weighted by molar-refractivity contribution is 6.08. The second-order valence-electron chi connectivity index (χ2n) is 11.4. The Morgan fingerprint density at radius 2 is 1.15 bits per heavy atom. The summed E-state index contributed by atoms with van der Waals surface area (Å²) < 4.78 is 0. The predicted octanol–water partition coefficient (Wildman–Crippen LogP) is 6.80. The Hall–Kier alpha value is -4.52. The van der Waals surface area contributed by atoms with Crippen molar-refractivity contribution in [3.8, 4) is 0 Å². The van der Waals surface area contributed by atoms with Crippen LogP contribution in [0.1, 0.15) is 67.8 Å². The van der Waals surface area contributed by atoms with Crippen LogP contribution in [0, 0.1) is 10.8 Å². The Morgan fingerprint density at radius 3 is 1.69 bits per heavy atom. The van der Waals surface area contributed by atoms with Crippen LogP contribution in [0.4, 0.5) is 17.1 Å². The van der Waals surface area contributed by atoms with Crippen molar-refractivity contribution in [2.24, 2.45) is 10.8 Å². The Balaban J connectivity index is 1.84. The molecule has 3 N–H and O–H groups in total. The maximum Gasteiger partial charge on any atom is 0.255 e. The molecule has 0 aliphatic rings. The summed E-state index contributed by atoms with van der Waals surface area (Å²) in [5.74, 6) is -0.992. The molecule has 202 valence electrons. The summed E-state index contributed by atoms with van der Waals surface area (Å²) in [5.41, 5.74) is 1.59. The number of ketones is 1. The van der Waals surface area contributed by atoms with E-state index >= 15 is 0 Å². The molecule has 3 amide bonds. The van der Waals surface area contributed by atoms with Crippen molar-refractivity contribution in [3.63, 3.8) is 0 Å². The van der Waals surface area contributed by atoms with Gasteiger partial charge in [0.25, 0.3) is 5.91 Å². The van der Waals surface area contributed by atoms with Gasteiger partial charge in [-0.3, -0.25) is 19.2 Å². The SMILES string of the molecule is CC(C)(C)C(=O)Nc1cc(NC(=O)C(C)(C)C)cc(C(=O)Nc2cccc(/C=C/C(=O)c3ccccc3)c2)c1. The fourth-order valence-corrected chi connectivity index (χ4v) is 3.33. The minimum absolute atomic E-state index is 0.121. The van der Waals surface area contributed by atoms with Crippen molar-refractivity contribution >= 4 is 46.6 Å². The first-order chi connectivity index (χ1) is 18.2. The Labute approximate surface area is 229 Å². The zero-order chi connectivity index (χ0) is 28.8. The van der Waals surface area contributed by atoms with Crippen LogP contribution in [0.15, 0.2) is 78.9 Å². The van der Waals surface area contributed by atoms with Gasteiger partial charge in [0.2, 0.25) is 11.8 Å². The first kappa shape index (κ1) is 29.0. The van der Waals surface area contributed by atoms with Crippen molar-refractivity contribution in [1.82, 2.24) is 0 Å². The molecule has 0 spiro atoms. The van der Waals surface area contributed by atoms with Gasteiger partial charge in [0.1, 0.15) is 0 Å². The summed E-state index contributed by atoms with van der Waals surface area (Å²) in [6, 6.07) is 20.8. The molecule has 0 aromatic heterocycles. The van der Waals surface area contributed by atoms with E-state index in [9.17, 15) is 19.2 Å². The molecule has 7 nitrogen and oxygen atoms in total. The quantitative estimate of drug-likeness (QED) is 0.233. The largest absolute Gasteiger partial charge is 0.326 e. The molecule has 0 saturated carbocycles. The number of anilines is 3. The van der Waals surface area contributed by atoms with E-state index in [-0.39, 0.29) is 23.2 Å². The van der Waals surface area contributed by atoms with Crippen molar-refractivity contribution in [2.75, 3.05) is 16.0 Å². The van der Waals surface area contributed by atoms with Gasteiger partial charge >= 0.3 is 0 Å². The van der Waals surface area contributed by atoms with Crippen LogP contribution in [-0.4, -0.2) is 23.5 Å². The lowest BCUT2D eigenvalue weighted by Crippen LogP contribution is -2.29. The Bertz CT molecular complexity index is 1370. The minimum Gasteiger partial charge on any atom is -0.326 e. The molecule has 0 aliphatic heterocycles. The lowest BCUT2D eigenvalue weighted by Gasteiger charge is -2.20. The molecule has 0 radical (unpaired) electrons. The summed E-state index contributed by atoms with van der Waals surface area (Å²) in [5, 5.41) is 8.52. The highest BCUT2D eigenvalue weighted by Gasteiger charge is 2.24.